The first kappa shape index (κ1) is 17.8. The highest BCUT2D eigenvalue weighted by Gasteiger charge is 2.21. The fourth-order valence-corrected chi connectivity index (χ4v) is 1.52. The van der Waals surface area contributed by atoms with Gasteiger partial charge in [0.2, 0.25) is 0 Å². The Hall–Kier alpha value is -0.160. The average Bonchev–Trinajstić information content (AvgIpc) is 2.39. The van der Waals surface area contributed by atoms with Crippen LogP contribution >= 0.6 is 37.2 Å². The Labute approximate surface area is 130 Å². The molecule has 0 bridgehead atoms. The number of halogens is 2. The van der Waals surface area contributed by atoms with Crippen LogP contribution < -0.4 is 4.74 Å². The molecule has 0 aliphatic rings. The highest BCUT2D eigenvalue weighted by Crippen LogP contribution is 2.33. The van der Waals surface area contributed by atoms with Crippen molar-refractivity contribution in [3.63, 3.8) is 0 Å². The summed E-state index contributed by atoms with van der Waals surface area (Å²) >= 11 is 4.24. The standard InChI is InChI=1S/C11H15NO4.I2/c1-7-5-10(12(13)14)9(8(2)15-3)6-11(7)16-4;1-2/h5-6,8H,1-4H3;. The molecule has 0 amide bonds. The fourth-order valence-electron chi connectivity index (χ4n) is 1.52. The Kier molecular flexibility index (Phi) is 8.78. The predicted molar refractivity (Wildman–Crippen MR) is 87.8 cm³/mol. The Morgan fingerprint density at radius 3 is 2.28 bits per heavy atom. The molecule has 102 valence electrons. The Morgan fingerprint density at radius 2 is 1.89 bits per heavy atom. The van der Waals surface area contributed by atoms with Gasteiger partial charge in [-0.25, -0.2) is 0 Å². The lowest BCUT2D eigenvalue weighted by molar-refractivity contribution is -0.386. The Bertz CT molecular complexity index is 412. The van der Waals surface area contributed by atoms with Crippen molar-refractivity contribution in [2.24, 2.45) is 0 Å². The third-order valence-corrected chi connectivity index (χ3v) is 2.53. The third-order valence-electron chi connectivity index (χ3n) is 2.53. The second kappa shape index (κ2) is 8.86. The van der Waals surface area contributed by atoms with Gasteiger partial charge in [0, 0.05) is 50.4 Å². The summed E-state index contributed by atoms with van der Waals surface area (Å²) in [4.78, 5) is 10.5. The van der Waals surface area contributed by atoms with E-state index < -0.39 is 4.92 Å². The van der Waals surface area contributed by atoms with Crippen LogP contribution in [0, 0.1) is 17.0 Å². The van der Waals surface area contributed by atoms with Crippen molar-refractivity contribution < 1.29 is 14.4 Å². The zero-order chi connectivity index (χ0) is 14.3. The van der Waals surface area contributed by atoms with Gasteiger partial charge in [0.05, 0.1) is 23.7 Å². The summed E-state index contributed by atoms with van der Waals surface area (Å²) in [5, 5.41) is 10.9. The van der Waals surface area contributed by atoms with Crippen LogP contribution in [0.25, 0.3) is 0 Å². The number of methoxy groups -OCH3 is 2. The number of hydrogen-bond acceptors (Lipinski definition) is 4. The van der Waals surface area contributed by atoms with Crippen molar-refractivity contribution >= 4 is 42.9 Å². The second-order valence-electron chi connectivity index (χ2n) is 3.52. The monoisotopic (exact) mass is 479 g/mol. The van der Waals surface area contributed by atoms with E-state index in [4.69, 9.17) is 9.47 Å². The first-order valence-corrected chi connectivity index (χ1v) is 11.3. The summed E-state index contributed by atoms with van der Waals surface area (Å²) in [6.45, 7) is 3.53. The molecule has 0 saturated heterocycles. The summed E-state index contributed by atoms with van der Waals surface area (Å²) in [6.07, 6.45) is -0.338. The number of nitro groups is 1. The van der Waals surface area contributed by atoms with Crippen molar-refractivity contribution in [2.75, 3.05) is 14.2 Å². The van der Waals surface area contributed by atoms with E-state index >= 15 is 0 Å². The van der Waals surface area contributed by atoms with Gasteiger partial charge in [-0.05, 0) is 25.5 Å². The molecule has 0 aromatic heterocycles. The molecule has 1 aromatic carbocycles. The molecule has 1 rings (SSSR count). The summed E-state index contributed by atoms with van der Waals surface area (Å²) < 4.78 is 10.2. The molecule has 1 unspecified atom stereocenters. The van der Waals surface area contributed by atoms with Gasteiger partial charge in [0.1, 0.15) is 5.75 Å². The van der Waals surface area contributed by atoms with Crippen LogP contribution in [0.15, 0.2) is 12.1 Å². The molecule has 18 heavy (non-hydrogen) atoms. The molecule has 5 nitrogen and oxygen atoms in total. The lowest BCUT2D eigenvalue weighted by atomic mass is 10.0. The maximum absolute atomic E-state index is 10.9. The summed E-state index contributed by atoms with van der Waals surface area (Å²) in [7, 11) is 3.05. The van der Waals surface area contributed by atoms with Crippen molar-refractivity contribution in [2.45, 2.75) is 20.0 Å². The fraction of sp³-hybridized carbons (Fsp3) is 0.455. The minimum absolute atomic E-state index is 0.0626. The predicted octanol–water partition coefficient (Wildman–Crippen LogP) is 4.39. The minimum Gasteiger partial charge on any atom is -0.496 e. The number of benzene rings is 1. The number of hydrogen-bond donors (Lipinski definition) is 0. The smallest absolute Gasteiger partial charge is 0.275 e. The number of nitrogens with zero attached hydrogens (tertiary/aromatic N) is 1. The van der Waals surface area contributed by atoms with Crippen LogP contribution in [0.1, 0.15) is 24.2 Å². The topological polar surface area (TPSA) is 61.6 Å². The van der Waals surface area contributed by atoms with Crippen LogP contribution in [0.5, 0.6) is 5.75 Å². The molecule has 0 saturated carbocycles. The van der Waals surface area contributed by atoms with Crippen LogP contribution in [-0.4, -0.2) is 19.1 Å². The van der Waals surface area contributed by atoms with E-state index in [2.05, 4.69) is 37.2 Å². The average molecular weight is 479 g/mol. The van der Waals surface area contributed by atoms with E-state index in [0.717, 1.165) is 5.56 Å². The molecule has 0 radical (unpaired) electrons. The molecule has 0 heterocycles. The van der Waals surface area contributed by atoms with Gasteiger partial charge in [-0.15, -0.1) is 0 Å². The van der Waals surface area contributed by atoms with E-state index in [1.165, 1.54) is 20.3 Å². The first-order valence-electron chi connectivity index (χ1n) is 5.01. The molecular formula is C11H15I2NO4. The van der Waals surface area contributed by atoms with E-state index in [1.54, 1.807) is 19.9 Å². The highest BCUT2D eigenvalue weighted by atomic mass is 128. The van der Waals surface area contributed by atoms with Crippen molar-refractivity contribution in [3.8, 4) is 5.75 Å². The molecule has 0 N–H and O–H groups in total. The molecule has 0 aliphatic carbocycles. The van der Waals surface area contributed by atoms with Gasteiger partial charge in [0.15, 0.2) is 0 Å². The van der Waals surface area contributed by atoms with Gasteiger partial charge in [-0.3, -0.25) is 10.1 Å². The largest absolute Gasteiger partial charge is 0.496 e. The van der Waals surface area contributed by atoms with Gasteiger partial charge in [-0.1, -0.05) is 0 Å². The lowest BCUT2D eigenvalue weighted by Gasteiger charge is -2.13. The third kappa shape index (κ3) is 4.50. The lowest BCUT2D eigenvalue weighted by Crippen LogP contribution is -2.03. The summed E-state index contributed by atoms with van der Waals surface area (Å²) in [5.41, 5.74) is 1.32. The van der Waals surface area contributed by atoms with Crippen LogP contribution in [-0.2, 0) is 4.74 Å². The summed E-state index contributed by atoms with van der Waals surface area (Å²) in [5.74, 6) is 0.629. The van der Waals surface area contributed by atoms with Crippen molar-refractivity contribution in [1.29, 1.82) is 0 Å². The Balaban J connectivity index is 0.00000137. The van der Waals surface area contributed by atoms with Crippen LogP contribution in [0.4, 0.5) is 5.69 Å². The molecule has 0 aliphatic heterocycles. The molecule has 1 aromatic rings. The summed E-state index contributed by atoms with van der Waals surface area (Å²) in [6, 6.07) is 3.16. The number of ether oxygens (including phenoxy) is 2. The van der Waals surface area contributed by atoms with Gasteiger partial charge in [-0.2, -0.15) is 0 Å². The maximum Gasteiger partial charge on any atom is 0.275 e. The molecule has 0 fully saturated rings. The first-order chi connectivity index (χ1) is 8.51. The number of aryl methyl sites for hydroxylation is 1. The molecule has 7 heteroatoms. The molecule has 0 spiro atoms. The van der Waals surface area contributed by atoms with E-state index in [9.17, 15) is 10.1 Å². The SMILES string of the molecule is COc1cc(C(C)OC)c([N+](=O)[O-])cc1C.II. The van der Waals surface area contributed by atoms with Gasteiger partial charge >= 0.3 is 0 Å². The zero-order valence-corrected chi connectivity index (χ0v) is 14.9. The van der Waals surface area contributed by atoms with Crippen LogP contribution in [0.2, 0.25) is 0 Å². The normalized spacial score (nSPS) is 11.2. The zero-order valence-electron chi connectivity index (χ0n) is 10.6. The highest BCUT2D eigenvalue weighted by molar-refractivity contribution is 15.0. The van der Waals surface area contributed by atoms with Crippen molar-refractivity contribution in [3.05, 3.63) is 33.4 Å². The van der Waals surface area contributed by atoms with E-state index in [0.29, 0.717) is 11.3 Å². The number of nitro benzene ring substituents is 1. The maximum atomic E-state index is 10.9. The molecular weight excluding hydrogens is 464 g/mol. The van der Waals surface area contributed by atoms with E-state index in [-0.39, 0.29) is 11.8 Å². The van der Waals surface area contributed by atoms with Crippen molar-refractivity contribution in [1.82, 2.24) is 0 Å². The minimum atomic E-state index is -0.405. The Morgan fingerprint density at radius 1 is 1.33 bits per heavy atom. The number of rotatable bonds is 4. The van der Waals surface area contributed by atoms with Crippen LogP contribution in [0.3, 0.4) is 0 Å². The quantitative estimate of drug-likeness (QED) is 0.366. The van der Waals surface area contributed by atoms with E-state index in [1.807, 2.05) is 0 Å². The van der Waals surface area contributed by atoms with Gasteiger partial charge < -0.3 is 9.47 Å². The molecule has 1 atom stereocenters. The van der Waals surface area contributed by atoms with Gasteiger partial charge in [0.25, 0.3) is 5.69 Å². The second-order valence-corrected chi connectivity index (χ2v) is 3.52.